The third-order valence-corrected chi connectivity index (χ3v) is 6.13. The van der Waals surface area contributed by atoms with E-state index in [2.05, 4.69) is 89.0 Å². The fraction of sp³-hybridized carbons (Fsp3) is 0.120. The Morgan fingerprint density at radius 2 is 1.43 bits per heavy atom. The molecule has 0 saturated carbocycles. The standard InChI is InChI=1S/C25H19N3/c1-25(2)20-10-5-3-8-16(20)18-14-19-17-9-4-6-11-22(17)28(23(19)15-21(18)25)24-26-12-7-13-27-24/h3-15H,1-2H3. The summed E-state index contributed by atoms with van der Waals surface area (Å²) in [5, 5.41) is 2.48. The fourth-order valence-electron chi connectivity index (χ4n) is 4.79. The Balaban J connectivity index is 1.79. The summed E-state index contributed by atoms with van der Waals surface area (Å²) < 4.78 is 2.18. The molecule has 0 atom stereocenters. The summed E-state index contributed by atoms with van der Waals surface area (Å²) in [6, 6.07) is 23.9. The number of hydrogen-bond acceptors (Lipinski definition) is 2. The van der Waals surface area contributed by atoms with E-state index in [0.717, 1.165) is 11.0 Å². The monoisotopic (exact) mass is 361 g/mol. The highest BCUT2D eigenvalue weighted by atomic mass is 15.1. The Labute approximate surface area is 163 Å². The van der Waals surface area contributed by atoms with E-state index in [1.54, 1.807) is 12.4 Å². The average molecular weight is 361 g/mol. The molecule has 1 aliphatic rings. The third-order valence-electron chi connectivity index (χ3n) is 6.13. The lowest BCUT2D eigenvalue weighted by atomic mass is 9.82. The summed E-state index contributed by atoms with van der Waals surface area (Å²) in [5.41, 5.74) is 7.71. The molecule has 0 amide bonds. The van der Waals surface area contributed by atoms with Crippen molar-refractivity contribution in [2.75, 3.05) is 0 Å². The number of aromatic nitrogens is 3. The van der Waals surface area contributed by atoms with Crippen molar-refractivity contribution in [3.63, 3.8) is 0 Å². The molecule has 6 rings (SSSR count). The van der Waals surface area contributed by atoms with Crippen LogP contribution in [-0.4, -0.2) is 14.5 Å². The van der Waals surface area contributed by atoms with E-state index < -0.39 is 0 Å². The molecule has 3 nitrogen and oxygen atoms in total. The lowest BCUT2D eigenvalue weighted by molar-refractivity contribution is 0.661. The molecule has 28 heavy (non-hydrogen) atoms. The lowest BCUT2D eigenvalue weighted by Crippen LogP contribution is -2.15. The molecule has 0 saturated heterocycles. The van der Waals surface area contributed by atoms with Gasteiger partial charge in [0.25, 0.3) is 0 Å². The van der Waals surface area contributed by atoms with Crippen LogP contribution in [0.3, 0.4) is 0 Å². The summed E-state index contributed by atoms with van der Waals surface area (Å²) >= 11 is 0. The van der Waals surface area contributed by atoms with E-state index >= 15 is 0 Å². The number of rotatable bonds is 1. The first-order valence-corrected chi connectivity index (χ1v) is 9.61. The van der Waals surface area contributed by atoms with Gasteiger partial charge in [-0.05, 0) is 46.5 Å². The number of para-hydroxylation sites is 1. The van der Waals surface area contributed by atoms with E-state index in [1.807, 2.05) is 6.07 Å². The zero-order valence-electron chi connectivity index (χ0n) is 15.8. The van der Waals surface area contributed by atoms with E-state index in [-0.39, 0.29) is 5.41 Å². The molecule has 0 bridgehead atoms. The molecular formula is C25H19N3. The molecule has 0 fully saturated rings. The molecule has 2 aromatic heterocycles. The maximum atomic E-state index is 4.54. The van der Waals surface area contributed by atoms with E-state index in [1.165, 1.54) is 33.0 Å². The highest BCUT2D eigenvalue weighted by Gasteiger charge is 2.36. The largest absolute Gasteiger partial charge is 0.278 e. The van der Waals surface area contributed by atoms with Crippen molar-refractivity contribution >= 4 is 21.8 Å². The van der Waals surface area contributed by atoms with Crippen LogP contribution in [0.25, 0.3) is 38.9 Å². The van der Waals surface area contributed by atoms with Crippen LogP contribution in [0.1, 0.15) is 25.0 Å². The van der Waals surface area contributed by atoms with Gasteiger partial charge >= 0.3 is 0 Å². The zero-order chi connectivity index (χ0) is 18.9. The van der Waals surface area contributed by atoms with Crippen LogP contribution in [0.4, 0.5) is 0 Å². The summed E-state index contributed by atoms with van der Waals surface area (Å²) in [4.78, 5) is 9.09. The Morgan fingerprint density at radius 1 is 0.679 bits per heavy atom. The minimum atomic E-state index is -0.0288. The predicted octanol–water partition coefficient (Wildman–Crippen LogP) is 5.88. The maximum absolute atomic E-state index is 4.54. The second-order valence-corrected chi connectivity index (χ2v) is 7.99. The van der Waals surface area contributed by atoms with Crippen molar-refractivity contribution in [2.24, 2.45) is 0 Å². The number of fused-ring (bicyclic) bond motifs is 6. The highest BCUT2D eigenvalue weighted by Crippen LogP contribution is 2.50. The predicted molar refractivity (Wildman–Crippen MR) is 114 cm³/mol. The number of hydrogen-bond donors (Lipinski definition) is 0. The maximum Gasteiger partial charge on any atom is 0.234 e. The number of nitrogens with zero attached hydrogens (tertiary/aromatic N) is 3. The topological polar surface area (TPSA) is 30.7 Å². The van der Waals surface area contributed by atoms with Crippen molar-refractivity contribution in [3.8, 4) is 17.1 Å². The minimum Gasteiger partial charge on any atom is -0.278 e. The second-order valence-electron chi connectivity index (χ2n) is 7.99. The highest BCUT2D eigenvalue weighted by molar-refractivity contribution is 6.11. The van der Waals surface area contributed by atoms with Crippen LogP contribution in [0.5, 0.6) is 0 Å². The molecular weight excluding hydrogens is 342 g/mol. The molecule has 0 aliphatic heterocycles. The van der Waals surface area contributed by atoms with Crippen LogP contribution in [0.2, 0.25) is 0 Å². The van der Waals surface area contributed by atoms with Gasteiger partial charge in [0.1, 0.15) is 0 Å². The van der Waals surface area contributed by atoms with E-state index in [0.29, 0.717) is 5.95 Å². The van der Waals surface area contributed by atoms with E-state index in [4.69, 9.17) is 0 Å². The van der Waals surface area contributed by atoms with Crippen LogP contribution in [0, 0.1) is 0 Å². The first-order valence-electron chi connectivity index (χ1n) is 9.61. The van der Waals surface area contributed by atoms with Gasteiger partial charge < -0.3 is 0 Å². The molecule has 0 N–H and O–H groups in total. The van der Waals surface area contributed by atoms with Gasteiger partial charge in [0.15, 0.2) is 0 Å². The van der Waals surface area contributed by atoms with Crippen LogP contribution >= 0.6 is 0 Å². The molecule has 3 heteroatoms. The van der Waals surface area contributed by atoms with Gasteiger partial charge in [-0.3, -0.25) is 4.57 Å². The van der Waals surface area contributed by atoms with Crippen molar-refractivity contribution < 1.29 is 0 Å². The Bertz CT molecular complexity index is 1380. The minimum absolute atomic E-state index is 0.0288. The van der Waals surface area contributed by atoms with Crippen molar-refractivity contribution in [2.45, 2.75) is 19.3 Å². The first kappa shape index (κ1) is 15.6. The van der Waals surface area contributed by atoms with Crippen molar-refractivity contribution in [1.29, 1.82) is 0 Å². The van der Waals surface area contributed by atoms with Gasteiger partial charge in [0.05, 0.1) is 11.0 Å². The first-order chi connectivity index (χ1) is 13.7. The Kier molecular flexibility index (Phi) is 2.95. The summed E-state index contributed by atoms with van der Waals surface area (Å²) in [6.07, 6.45) is 3.60. The van der Waals surface area contributed by atoms with E-state index in [9.17, 15) is 0 Å². The average Bonchev–Trinajstić information content (AvgIpc) is 3.17. The van der Waals surface area contributed by atoms with Gasteiger partial charge in [0, 0.05) is 28.6 Å². The molecule has 0 spiro atoms. The molecule has 134 valence electrons. The van der Waals surface area contributed by atoms with Gasteiger partial charge in [-0.2, -0.15) is 0 Å². The molecule has 5 aromatic rings. The smallest absolute Gasteiger partial charge is 0.234 e. The lowest BCUT2D eigenvalue weighted by Gasteiger charge is -2.21. The summed E-state index contributed by atoms with van der Waals surface area (Å²) in [7, 11) is 0. The second kappa shape index (κ2) is 5.29. The third kappa shape index (κ3) is 1.88. The van der Waals surface area contributed by atoms with Crippen molar-refractivity contribution in [3.05, 3.63) is 90.3 Å². The summed E-state index contributed by atoms with van der Waals surface area (Å²) in [6.45, 7) is 4.63. The van der Waals surface area contributed by atoms with Crippen molar-refractivity contribution in [1.82, 2.24) is 14.5 Å². The molecule has 2 heterocycles. The molecule has 0 unspecified atom stereocenters. The van der Waals surface area contributed by atoms with Gasteiger partial charge in [-0.25, -0.2) is 9.97 Å². The zero-order valence-corrected chi connectivity index (χ0v) is 15.8. The molecule has 3 aromatic carbocycles. The SMILES string of the molecule is CC1(C)c2ccccc2-c2cc3c4ccccc4n(-c4ncccn4)c3cc21. The van der Waals surface area contributed by atoms with Crippen LogP contribution in [0.15, 0.2) is 79.1 Å². The normalized spacial score (nSPS) is 14.4. The van der Waals surface area contributed by atoms with Gasteiger partial charge in [-0.1, -0.05) is 56.3 Å². The quantitative estimate of drug-likeness (QED) is 0.373. The Hall–Kier alpha value is -3.46. The number of benzene rings is 3. The molecule has 1 aliphatic carbocycles. The summed E-state index contributed by atoms with van der Waals surface area (Å²) in [5.74, 6) is 0.710. The van der Waals surface area contributed by atoms with Crippen LogP contribution in [-0.2, 0) is 5.41 Å². The van der Waals surface area contributed by atoms with Gasteiger partial charge in [0.2, 0.25) is 5.95 Å². The Morgan fingerprint density at radius 3 is 2.29 bits per heavy atom. The van der Waals surface area contributed by atoms with Gasteiger partial charge in [-0.15, -0.1) is 0 Å². The van der Waals surface area contributed by atoms with Crippen LogP contribution < -0.4 is 0 Å². The fourth-order valence-corrected chi connectivity index (χ4v) is 4.79. The molecule has 0 radical (unpaired) electrons.